The van der Waals surface area contributed by atoms with E-state index in [4.69, 9.17) is 4.74 Å². The van der Waals surface area contributed by atoms with Gasteiger partial charge in [-0.05, 0) is 60.9 Å². The number of amides is 3. The van der Waals surface area contributed by atoms with Crippen molar-refractivity contribution in [3.05, 3.63) is 83.4 Å². The number of rotatable bonds is 5. The summed E-state index contributed by atoms with van der Waals surface area (Å²) in [6.07, 6.45) is 0. The second-order valence-corrected chi connectivity index (χ2v) is 7.02. The maximum atomic E-state index is 12.2. The molecule has 7 nitrogen and oxygen atoms in total. The number of carbonyl (C=O) groups excluding carboxylic acids is 3. The third-order valence-corrected chi connectivity index (χ3v) is 4.54. The molecule has 3 amide bonds. The van der Waals surface area contributed by atoms with Crippen LogP contribution in [0.15, 0.2) is 66.7 Å². The number of anilines is 1. The molecule has 0 aliphatic heterocycles. The van der Waals surface area contributed by atoms with Crippen LogP contribution < -0.4 is 10.6 Å². The number of aromatic hydroxyl groups is 1. The first kappa shape index (κ1) is 21.6. The van der Waals surface area contributed by atoms with Gasteiger partial charge < -0.3 is 15.2 Å². The van der Waals surface area contributed by atoms with Crippen LogP contribution in [0.2, 0.25) is 0 Å². The Morgan fingerprint density at radius 1 is 0.871 bits per heavy atom. The first-order valence-electron chi connectivity index (χ1n) is 9.56. The molecule has 3 N–H and O–H groups in total. The van der Waals surface area contributed by atoms with Gasteiger partial charge in [-0.25, -0.2) is 9.59 Å². The smallest absolute Gasteiger partial charge is 0.338 e. The SMILES string of the molecule is Cc1ccc(NC(=O)NC(=O)COC(=O)c2ccc(-c3ccc(O)cc3)cc2)c(C)c1. The van der Waals surface area contributed by atoms with Gasteiger partial charge >= 0.3 is 12.0 Å². The number of hydrogen-bond donors (Lipinski definition) is 3. The Hall–Kier alpha value is -4.13. The number of hydrogen-bond acceptors (Lipinski definition) is 5. The fourth-order valence-corrected chi connectivity index (χ4v) is 2.94. The molecule has 0 saturated heterocycles. The molecule has 0 saturated carbocycles. The third kappa shape index (κ3) is 5.93. The number of ether oxygens (including phenoxy) is 1. The molecule has 0 fully saturated rings. The van der Waals surface area contributed by atoms with Crippen LogP contribution in [-0.2, 0) is 9.53 Å². The molecule has 0 aromatic heterocycles. The molecule has 7 heteroatoms. The molecule has 0 heterocycles. The zero-order valence-corrected chi connectivity index (χ0v) is 17.1. The van der Waals surface area contributed by atoms with Crippen molar-refractivity contribution >= 4 is 23.6 Å². The van der Waals surface area contributed by atoms with Crippen LogP contribution in [0.4, 0.5) is 10.5 Å². The van der Waals surface area contributed by atoms with E-state index in [1.807, 2.05) is 26.0 Å². The van der Waals surface area contributed by atoms with Crippen molar-refractivity contribution in [2.45, 2.75) is 13.8 Å². The Bertz CT molecular complexity index is 1110. The molecule has 3 rings (SSSR count). The summed E-state index contributed by atoms with van der Waals surface area (Å²) in [6.45, 7) is 3.20. The molecule has 0 unspecified atom stereocenters. The summed E-state index contributed by atoms with van der Waals surface area (Å²) in [5, 5.41) is 14.1. The number of urea groups is 1. The first-order valence-corrected chi connectivity index (χ1v) is 9.56. The van der Waals surface area contributed by atoms with Crippen molar-refractivity contribution in [3.8, 4) is 16.9 Å². The standard InChI is InChI=1S/C24H22N2O5/c1-15-3-12-21(16(2)13-15)25-24(30)26-22(28)14-31-23(29)19-6-4-17(5-7-19)18-8-10-20(27)11-9-18/h3-13,27H,14H2,1-2H3,(H2,25,26,28,30). The fourth-order valence-electron chi connectivity index (χ4n) is 2.94. The Kier molecular flexibility index (Phi) is 6.67. The first-order chi connectivity index (χ1) is 14.8. The summed E-state index contributed by atoms with van der Waals surface area (Å²) in [7, 11) is 0. The second-order valence-electron chi connectivity index (χ2n) is 7.02. The number of phenolic OH excluding ortho intramolecular Hbond substituents is 1. The van der Waals surface area contributed by atoms with Crippen LogP contribution in [0.5, 0.6) is 5.75 Å². The number of nitrogens with one attached hydrogen (secondary N) is 2. The van der Waals surface area contributed by atoms with Gasteiger partial charge in [0.2, 0.25) is 0 Å². The summed E-state index contributed by atoms with van der Waals surface area (Å²) in [6, 6.07) is 18.1. The molecule has 0 radical (unpaired) electrons. The average Bonchev–Trinajstić information content (AvgIpc) is 2.75. The summed E-state index contributed by atoms with van der Waals surface area (Å²) < 4.78 is 4.98. The Balaban J connectivity index is 1.50. The number of aryl methyl sites for hydroxylation is 2. The molecule has 0 bridgehead atoms. The highest BCUT2D eigenvalue weighted by atomic mass is 16.5. The summed E-state index contributed by atoms with van der Waals surface area (Å²) in [5.74, 6) is -1.25. The zero-order chi connectivity index (χ0) is 22.4. The van der Waals surface area contributed by atoms with Gasteiger partial charge in [-0.15, -0.1) is 0 Å². The lowest BCUT2D eigenvalue weighted by Gasteiger charge is -2.10. The lowest BCUT2D eigenvalue weighted by Crippen LogP contribution is -2.37. The van der Waals surface area contributed by atoms with Crippen LogP contribution in [0.25, 0.3) is 11.1 Å². The fraction of sp³-hybridized carbons (Fsp3) is 0.125. The zero-order valence-electron chi connectivity index (χ0n) is 17.1. The molecule has 3 aromatic carbocycles. The van der Waals surface area contributed by atoms with Crippen molar-refractivity contribution in [2.24, 2.45) is 0 Å². The summed E-state index contributed by atoms with van der Waals surface area (Å²) >= 11 is 0. The molecule has 3 aromatic rings. The molecule has 31 heavy (non-hydrogen) atoms. The topological polar surface area (TPSA) is 105 Å². The number of benzene rings is 3. The van der Waals surface area contributed by atoms with E-state index in [1.165, 1.54) is 0 Å². The van der Waals surface area contributed by atoms with Gasteiger partial charge in [-0.3, -0.25) is 10.1 Å². The Morgan fingerprint density at radius 3 is 2.10 bits per heavy atom. The minimum absolute atomic E-state index is 0.171. The van der Waals surface area contributed by atoms with Gasteiger partial charge in [0.1, 0.15) is 5.75 Å². The van der Waals surface area contributed by atoms with Crippen molar-refractivity contribution in [1.29, 1.82) is 0 Å². The Morgan fingerprint density at radius 2 is 1.48 bits per heavy atom. The monoisotopic (exact) mass is 418 g/mol. The Labute approximate surface area is 179 Å². The highest BCUT2D eigenvalue weighted by Gasteiger charge is 2.13. The molecule has 158 valence electrons. The van der Waals surface area contributed by atoms with Gasteiger partial charge in [0.15, 0.2) is 6.61 Å². The quantitative estimate of drug-likeness (QED) is 0.539. The molecule has 0 atom stereocenters. The lowest BCUT2D eigenvalue weighted by atomic mass is 10.0. The minimum atomic E-state index is -0.740. The maximum absolute atomic E-state index is 12.2. The van der Waals surface area contributed by atoms with E-state index in [0.29, 0.717) is 5.69 Å². The highest BCUT2D eigenvalue weighted by molar-refractivity contribution is 6.02. The van der Waals surface area contributed by atoms with Crippen LogP contribution in [0, 0.1) is 13.8 Å². The van der Waals surface area contributed by atoms with E-state index in [1.54, 1.807) is 54.6 Å². The van der Waals surface area contributed by atoms with E-state index in [0.717, 1.165) is 22.3 Å². The van der Waals surface area contributed by atoms with E-state index in [-0.39, 0.29) is 11.3 Å². The second kappa shape index (κ2) is 9.58. The predicted octanol–water partition coefficient (Wildman–Crippen LogP) is 4.18. The summed E-state index contributed by atoms with van der Waals surface area (Å²) in [5.41, 5.74) is 4.52. The van der Waals surface area contributed by atoms with Gasteiger partial charge in [0.25, 0.3) is 5.91 Å². The van der Waals surface area contributed by atoms with Gasteiger partial charge in [-0.1, -0.05) is 42.0 Å². The molecular formula is C24H22N2O5. The van der Waals surface area contributed by atoms with Gasteiger partial charge in [-0.2, -0.15) is 0 Å². The van der Waals surface area contributed by atoms with Gasteiger partial charge in [0, 0.05) is 5.69 Å². The van der Waals surface area contributed by atoms with E-state index < -0.39 is 24.5 Å². The normalized spacial score (nSPS) is 10.3. The molecule has 0 spiro atoms. The number of esters is 1. The number of phenols is 1. The molecule has 0 aliphatic rings. The van der Waals surface area contributed by atoms with E-state index >= 15 is 0 Å². The van der Waals surface area contributed by atoms with Crippen molar-refractivity contribution in [1.82, 2.24) is 5.32 Å². The van der Waals surface area contributed by atoms with Crippen LogP contribution in [-0.4, -0.2) is 29.6 Å². The summed E-state index contributed by atoms with van der Waals surface area (Å²) in [4.78, 5) is 36.0. The average molecular weight is 418 g/mol. The lowest BCUT2D eigenvalue weighted by molar-refractivity contribution is -0.123. The van der Waals surface area contributed by atoms with Crippen LogP contribution >= 0.6 is 0 Å². The minimum Gasteiger partial charge on any atom is -0.508 e. The number of imide groups is 1. The van der Waals surface area contributed by atoms with Gasteiger partial charge in [0.05, 0.1) is 5.56 Å². The van der Waals surface area contributed by atoms with Crippen LogP contribution in [0.3, 0.4) is 0 Å². The van der Waals surface area contributed by atoms with Crippen molar-refractivity contribution in [3.63, 3.8) is 0 Å². The largest absolute Gasteiger partial charge is 0.508 e. The number of carbonyl (C=O) groups is 3. The predicted molar refractivity (Wildman–Crippen MR) is 117 cm³/mol. The van der Waals surface area contributed by atoms with Crippen molar-refractivity contribution in [2.75, 3.05) is 11.9 Å². The molecule has 0 aliphatic carbocycles. The highest BCUT2D eigenvalue weighted by Crippen LogP contribution is 2.22. The molecular weight excluding hydrogens is 396 g/mol. The van der Waals surface area contributed by atoms with E-state index in [2.05, 4.69) is 10.6 Å². The third-order valence-electron chi connectivity index (χ3n) is 4.54. The van der Waals surface area contributed by atoms with Crippen LogP contribution in [0.1, 0.15) is 21.5 Å². The van der Waals surface area contributed by atoms with Crippen molar-refractivity contribution < 1.29 is 24.2 Å². The maximum Gasteiger partial charge on any atom is 0.338 e. The van der Waals surface area contributed by atoms with E-state index in [9.17, 15) is 19.5 Å².